The molecule has 2 aromatic rings. The van der Waals surface area contributed by atoms with E-state index in [0.29, 0.717) is 6.54 Å². The molecule has 0 aliphatic rings. The molecule has 110 valence electrons. The number of rotatable bonds is 5. The van der Waals surface area contributed by atoms with Crippen LogP contribution in [0.4, 0.5) is 5.69 Å². The summed E-state index contributed by atoms with van der Waals surface area (Å²) in [7, 11) is 1.92. The van der Waals surface area contributed by atoms with Gasteiger partial charge in [0.05, 0.1) is 40.0 Å². The molecule has 2 aromatic heterocycles. The van der Waals surface area contributed by atoms with Gasteiger partial charge >= 0.3 is 0 Å². The van der Waals surface area contributed by atoms with Crippen molar-refractivity contribution in [2.75, 3.05) is 5.73 Å². The fraction of sp³-hybridized carbons (Fsp3) is 0.571. The predicted molar refractivity (Wildman–Crippen MR) is 82.1 cm³/mol. The Hall–Kier alpha value is -1.49. The summed E-state index contributed by atoms with van der Waals surface area (Å²) in [6.07, 6.45) is 2.52. The molecule has 0 unspecified atom stereocenters. The van der Waals surface area contributed by atoms with Crippen molar-refractivity contribution in [3.63, 3.8) is 0 Å². The van der Waals surface area contributed by atoms with Crippen molar-refractivity contribution in [3.05, 3.63) is 27.8 Å². The largest absolute Gasteiger partial charge is 0.396 e. The molecule has 2 N–H and O–H groups in total. The van der Waals surface area contributed by atoms with E-state index in [1.807, 2.05) is 16.4 Å². The number of aromatic nitrogens is 4. The summed E-state index contributed by atoms with van der Waals surface area (Å²) in [5, 5.41) is 9.79. The quantitative estimate of drug-likeness (QED) is 0.922. The standard InChI is InChI=1S/C14H22ClN5/c1-5-9-13(15)12(19(4)17-9)8-20-11(7-3)14(16)10(6-2)18-20/h5-8,16H2,1-4H3. The van der Waals surface area contributed by atoms with Gasteiger partial charge in [-0.05, 0) is 19.3 Å². The lowest BCUT2D eigenvalue weighted by molar-refractivity contribution is 0.593. The third-order valence-electron chi connectivity index (χ3n) is 3.65. The Kier molecular flexibility index (Phi) is 4.38. The molecule has 2 heterocycles. The third kappa shape index (κ3) is 2.42. The van der Waals surface area contributed by atoms with Crippen LogP contribution in [0.5, 0.6) is 0 Å². The molecular weight excluding hydrogens is 274 g/mol. The highest BCUT2D eigenvalue weighted by Gasteiger charge is 2.17. The number of hydrogen-bond donors (Lipinski definition) is 1. The van der Waals surface area contributed by atoms with Crippen molar-refractivity contribution in [2.24, 2.45) is 7.05 Å². The third-order valence-corrected chi connectivity index (χ3v) is 4.08. The monoisotopic (exact) mass is 295 g/mol. The summed E-state index contributed by atoms with van der Waals surface area (Å²) in [6, 6.07) is 0. The summed E-state index contributed by atoms with van der Waals surface area (Å²) in [4.78, 5) is 0. The van der Waals surface area contributed by atoms with Gasteiger partial charge in [-0.25, -0.2) is 0 Å². The number of aryl methyl sites for hydroxylation is 3. The van der Waals surface area contributed by atoms with Gasteiger partial charge in [-0.15, -0.1) is 0 Å². The van der Waals surface area contributed by atoms with Crippen LogP contribution in [0.3, 0.4) is 0 Å². The number of hydrogen-bond acceptors (Lipinski definition) is 3. The second kappa shape index (κ2) is 5.87. The van der Waals surface area contributed by atoms with Gasteiger partial charge in [0.15, 0.2) is 0 Å². The summed E-state index contributed by atoms with van der Waals surface area (Å²) in [6.45, 7) is 6.81. The van der Waals surface area contributed by atoms with Crippen LogP contribution in [-0.2, 0) is 32.9 Å². The van der Waals surface area contributed by atoms with E-state index < -0.39 is 0 Å². The van der Waals surface area contributed by atoms with E-state index >= 15 is 0 Å². The van der Waals surface area contributed by atoms with Crippen molar-refractivity contribution < 1.29 is 0 Å². The van der Waals surface area contributed by atoms with Crippen molar-refractivity contribution in [3.8, 4) is 0 Å². The molecule has 0 bridgehead atoms. The average molecular weight is 296 g/mol. The predicted octanol–water partition coefficient (Wildman–Crippen LogP) is 2.59. The molecule has 0 aromatic carbocycles. The van der Waals surface area contributed by atoms with Crippen LogP contribution in [0.25, 0.3) is 0 Å². The summed E-state index contributed by atoms with van der Waals surface area (Å²) in [5.41, 5.74) is 10.9. The molecule has 0 amide bonds. The summed E-state index contributed by atoms with van der Waals surface area (Å²) < 4.78 is 3.79. The molecule has 0 aliphatic heterocycles. The maximum absolute atomic E-state index is 6.40. The zero-order chi connectivity index (χ0) is 14.9. The number of halogens is 1. The second-order valence-electron chi connectivity index (χ2n) is 4.86. The van der Waals surface area contributed by atoms with Crippen LogP contribution >= 0.6 is 11.6 Å². The average Bonchev–Trinajstić information content (AvgIpc) is 2.89. The first kappa shape index (κ1) is 14.9. The summed E-state index contributed by atoms with van der Waals surface area (Å²) >= 11 is 6.40. The number of anilines is 1. The molecule has 5 nitrogen and oxygen atoms in total. The van der Waals surface area contributed by atoms with Gasteiger partial charge in [-0.1, -0.05) is 32.4 Å². The molecular formula is C14H22ClN5. The van der Waals surface area contributed by atoms with Gasteiger partial charge in [0.25, 0.3) is 0 Å². The minimum absolute atomic E-state index is 0.607. The molecule has 2 rings (SSSR count). The van der Waals surface area contributed by atoms with E-state index in [9.17, 15) is 0 Å². The van der Waals surface area contributed by atoms with E-state index in [2.05, 4.69) is 31.0 Å². The molecule has 0 saturated carbocycles. The van der Waals surface area contributed by atoms with Crippen LogP contribution in [0.15, 0.2) is 0 Å². The van der Waals surface area contributed by atoms with Gasteiger partial charge in [0.1, 0.15) is 0 Å². The highest BCUT2D eigenvalue weighted by atomic mass is 35.5. The fourth-order valence-electron chi connectivity index (χ4n) is 2.46. The van der Waals surface area contributed by atoms with Crippen LogP contribution in [-0.4, -0.2) is 19.6 Å². The number of nitrogens with zero attached hydrogens (tertiary/aromatic N) is 4. The van der Waals surface area contributed by atoms with E-state index in [-0.39, 0.29) is 0 Å². The van der Waals surface area contributed by atoms with Gasteiger partial charge in [-0.2, -0.15) is 10.2 Å². The SMILES string of the molecule is CCc1nn(Cc2c(Cl)c(CC)nn2C)c(CC)c1N. The molecule has 20 heavy (non-hydrogen) atoms. The van der Waals surface area contributed by atoms with Crippen LogP contribution in [0.2, 0.25) is 5.02 Å². The van der Waals surface area contributed by atoms with Crippen molar-refractivity contribution in [1.82, 2.24) is 19.6 Å². The zero-order valence-corrected chi connectivity index (χ0v) is 13.3. The molecule has 0 aliphatic carbocycles. The second-order valence-corrected chi connectivity index (χ2v) is 5.23. The first-order chi connectivity index (χ1) is 9.53. The van der Waals surface area contributed by atoms with Gasteiger partial charge in [0.2, 0.25) is 0 Å². The molecule has 0 radical (unpaired) electrons. The van der Waals surface area contributed by atoms with Gasteiger partial charge in [0, 0.05) is 7.05 Å². The number of nitrogen functional groups attached to an aromatic ring is 1. The van der Waals surface area contributed by atoms with Crippen LogP contribution in [0, 0.1) is 0 Å². The van der Waals surface area contributed by atoms with E-state index in [4.69, 9.17) is 17.3 Å². The van der Waals surface area contributed by atoms with Crippen molar-refractivity contribution in [2.45, 2.75) is 46.6 Å². The van der Waals surface area contributed by atoms with Crippen LogP contribution in [0.1, 0.15) is 43.5 Å². The molecule has 0 atom stereocenters. The summed E-state index contributed by atoms with van der Waals surface area (Å²) in [5.74, 6) is 0. The van der Waals surface area contributed by atoms with Crippen molar-refractivity contribution in [1.29, 1.82) is 0 Å². The lowest BCUT2D eigenvalue weighted by atomic mass is 10.2. The molecule has 0 saturated heterocycles. The Bertz CT molecular complexity index is 612. The molecule has 0 fully saturated rings. The Labute approximate surface area is 124 Å². The van der Waals surface area contributed by atoms with E-state index in [1.54, 1.807) is 0 Å². The Balaban J connectivity index is 2.42. The van der Waals surface area contributed by atoms with Crippen LogP contribution < -0.4 is 5.73 Å². The normalized spacial score (nSPS) is 11.2. The molecule has 0 spiro atoms. The first-order valence-electron chi connectivity index (χ1n) is 7.07. The van der Waals surface area contributed by atoms with Crippen molar-refractivity contribution >= 4 is 17.3 Å². The highest BCUT2D eigenvalue weighted by molar-refractivity contribution is 6.31. The minimum Gasteiger partial charge on any atom is -0.396 e. The molecule has 6 heteroatoms. The van der Waals surface area contributed by atoms with Gasteiger partial charge < -0.3 is 5.73 Å². The maximum atomic E-state index is 6.40. The first-order valence-corrected chi connectivity index (χ1v) is 7.45. The highest BCUT2D eigenvalue weighted by Crippen LogP contribution is 2.24. The smallest absolute Gasteiger partial charge is 0.0869 e. The lowest BCUT2D eigenvalue weighted by Gasteiger charge is -2.07. The fourth-order valence-corrected chi connectivity index (χ4v) is 2.82. The lowest BCUT2D eigenvalue weighted by Crippen LogP contribution is -2.10. The Morgan fingerprint density at radius 3 is 2.15 bits per heavy atom. The topological polar surface area (TPSA) is 61.7 Å². The number of nitrogens with two attached hydrogens (primary N) is 1. The van der Waals surface area contributed by atoms with E-state index in [0.717, 1.165) is 52.7 Å². The van der Waals surface area contributed by atoms with Gasteiger partial charge in [-0.3, -0.25) is 9.36 Å². The zero-order valence-electron chi connectivity index (χ0n) is 12.6. The Morgan fingerprint density at radius 1 is 1.00 bits per heavy atom. The minimum atomic E-state index is 0.607. The Morgan fingerprint density at radius 2 is 1.65 bits per heavy atom. The van der Waals surface area contributed by atoms with E-state index in [1.165, 1.54) is 0 Å². The maximum Gasteiger partial charge on any atom is 0.0869 e.